The monoisotopic (exact) mass is 735 g/mol. The number of nitrogens with zero attached hydrogens (tertiary/aromatic N) is 2. The Morgan fingerprint density at radius 1 is 0.684 bits per heavy atom. The quantitative estimate of drug-likeness (QED) is 0.130. The van der Waals surface area contributed by atoms with Crippen LogP contribution in [-0.2, 0) is 32.5 Å². The molecule has 0 atom stereocenters. The largest absolute Gasteiger partial charge is 1.00 e. The van der Waals surface area contributed by atoms with E-state index in [1.807, 2.05) is 0 Å². The summed E-state index contributed by atoms with van der Waals surface area (Å²) in [5, 5.41) is 0. The summed E-state index contributed by atoms with van der Waals surface area (Å²) >= 11 is 0. The Balaban J connectivity index is 0.000000699. The van der Waals surface area contributed by atoms with E-state index in [0.717, 1.165) is 0 Å². The fraction of sp³-hybridized carbons (Fsp3) is 0.464. The molecule has 3 rings (SSSR count). The summed E-state index contributed by atoms with van der Waals surface area (Å²) in [4.78, 5) is 4.65. The molecular formula is C28H37AuF3N2O3S-. The Bertz CT molecular complexity index is 1090. The van der Waals surface area contributed by atoms with Gasteiger partial charge in [-0.05, 0) is 58.3 Å². The van der Waals surface area contributed by atoms with Crippen LogP contribution in [0.1, 0.15) is 101 Å². The average Bonchev–Trinajstić information content (AvgIpc) is 3.26. The van der Waals surface area contributed by atoms with Gasteiger partial charge in [-0.1, -0.05) is 91.8 Å². The van der Waals surface area contributed by atoms with Crippen molar-refractivity contribution in [2.24, 2.45) is 0 Å². The van der Waals surface area contributed by atoms with Crippen molar-refractivity contribution in [3.8, 4) is 0 Å². The van der Waals surface area contributed by atoms with E-state index in [4.69, 9.17) is 13.0 Å². The van der Waals surface area contributed by atoms with Crippen molar-refractivity contribution in [2.45, 2.75) is 84.6 Å². The molecule has 0 spiro atoms. The van der Waals surface area contributed by atoms with Crippen LogP contribution in [0.3, 0.4) is 0 Å². The smallest absolute Gasteiger partial charge is 0.741 e. The molecule has 1 aliphatic rings. The molecule has 216 valence electrons. The first-order chi connectivity index (χ1) is 17.0. The van der Waals surface area contributed by atoms with Crippen molar-refractivity contribution in [3.63, 3.8) is 0 Å². The molecule has 0 saturated heterocycles. The van der Waals surface area contributed by atoms with Crippen molar-refractivity contribution in [2.75, 3.05) is 9.80 Å². The molecule has 5 nitrogen and oxygen atoms in total. The van der Waals surface area contributed by atoms with Gasteiger partial charge < -0.3 is 14.4 Å². The van der Waals surface area contributed by atoms with E-state index in [2.05, 4.69) is 121 Å². The van der Waals surface area contributed by atoms with Gasteiger partial charge in [0.25, 0.3) is 0 Å². The summed E-state index contributed by atoms with van der Waals surface area (Å²) in [5.41, 5.74) is 2.64. The minimum Gasteiger partial charge on any atom is -0.741 e. The molecule has 0 unspecified atom stereocenters. The number of rotatable bonds is 6. The van der Waals surface area contributed by atoms with Crippen LogP contribution in [0.15, 0.2) is 48.8 Å². The van der Waals surface area contributed by atoms with Gasteiger partial charge in [-0.2, -0.15) is 13.2 Å². The molecule has 1 heterocycles. The molecule has 0 radical (unpaired) electrons. The number of halogens is 3. The summed E-state index contributed by atoms with van der Waals surface area (Å²) in [7, 11) is -6.09. The van der Waals surface area contributed by atoms with Crippen LogP contribution in [0.4, 0.5) is 24.5 Å². The van der Waals surface area contributed by atoms with Crippen LogP contribution in [0.5, 0.6) is 0 Å². The molecule has 2 aromatic carbocycles. The second-order valence-corrected chi connectivity index (χ2v) is 11.7. The number of hydrogen-bond acceptors (Lipinski definition) is 5. The maximum atomic E-state index is 10.7. The molecule has 10 heteroatoms. The van der Waals surface area contributed by atoms with Crippen molar-refractivity contribution < 1.29 is 48.5 Å². The van der Waals surface area contributed by atoms with Gasteiger partial charge >= 0.3 is 27.9 Å². The van der Waals surface area contributed by atoms with Gasteiger partial charge in [-0.15, -0.1) is 6.67 Å². The third-order valence-corrected chi connectivity index (χ3v) is 6.69. The summed E-state index contributed by atoms with van der Waals surface area (Å²) in [6.07, 6.45) is 4.43. The first-order valence-electron chi connectivity index (χ1n) is 12.3. The van der Waals surface area contributed by atoms with Crippen molar-refractivity contribution >= 4 is 21.5 Å². The van der Waals surface area contributed by atoms with Crippen LogP contribution >= 0.6 is 0 Å². The summed E-state index contributed by atoms with van der Waals surface area (Å²) in [5.74, 6) is 1.92. The molecular weight excluding hydrogens is 698 g/mol. The number of para-hydroxylation sites is 2. The zero-order valence-electron chi connectivity index (χ0n) is 23.0. The average molecular weight is 736 g/mol. The number of alkyl halides is 3. The van der Waals surface area contributed by atoms with Gasteiger partial charge in [-0.25, -0.2) is 8.42 Å². The van der Waals surface area contributed by atoms with Crippen LogP contribution in [-0.4, -0.2) is 18.5 Å². The van der Waals surface area contributed by atoms with Gasteiger partial charge in [0.15, 0.2) is 10.1 Å². The van der Waals surface area contributed by atoms with Gasteiger partial charge in [0.2, 0.25) is 0 Å². The zero-order chi connectivity index (χ0) is 28.3. The van der Waals surface area contributed by atoms with E-state index in [-0.39, 0.29) is 22.4 Å². The SMILES string of the molecule is CC(C)c1cccc(C(C)C)c1N1C=CN(c2c(C(C)C)cccc2C(C)C)[CH-]1.O=S(=O)([O-])C(F)(F)F.[Au+]. The topological polar surface area (TPSA) is 63.7 Å². The van der Waals surface area contributed by atoms with E-state index in [0.29, 0.717) is 23.7 Å². The number of hydrogen-bond donors (Lipinski definition) is 0. The number of anilines is 2. The molecule has 0 aromatic heterocycles. The van der Waals surface area contributed by atoms with Crippen LogP contribution < -0.4 is 9.80 Å². The third-order valence-electron chi connectivity index (χ3n) is 6.12. The van der Waals surface area contributed by atoms with Crippen LogP contribution in [0.2, 0.25) is 0 Å². The Hall–Kier alpha value is -1.78. The molecule has 1 aliphatic heterocycles. The number of benzene rings is 2. The van der Waals surface area contributed by atoms with Crippen molar-refractivity contribution in [1.29, 1.82) is 0 Å². The molecule has 0 N–H and O–H groups in total. The summed E-state index contributed by atoms with van der Waals surface area (Å²) in [6, 6.07) is 13.5. The predicted molar refractivity (Wildman–Crippen MR) is 143 cm³/mol. The molecule has 0 aliphatic carbocycles. The van der Waals surface area contributed by atoms with E-state index in [1.165, 1.54) is 33.6 Å². The molecule has 0 fully saturated rings. The fourth-order valence-corrected chi connectivity index (χ4v) is 4.24. The second kappa shape index (κ2) is 13.5. The van der Waals surface area contributed by atoms with E-state index < -0.39 is 15.6 Å². The van der Waals surface area contributed by atoms with Crippen molar-refractivity contribution in [3.05, 3.63) is 77.7 Å². The third kappa shape index (κ3) is 8.11. The van der Waals surface area contributed by atoms with Gasteiger partial charge in [0.1, 0.15) is 0 Å². The van der Waals surface area contributed by atoms with Gasteiger partial charge in [0, 0.05) is 11.4 Å². The van der Waals surface area contributed by atoms with Gasteiger partial charge in [-0.3, -0.25) is 0 Å². The minimum atomic E-state index is -6.09. The molecule has 2 aromatic rings. The van der Waals surface area contributed by atoms with Crippen molar-refractivity contribution in [1.82, 2.24) is 0 Å². The Morgan fingerprint density at radius 3 is 1.11 bits per heavy atom. The van der Waals surface area contributed by atoms with E-state index in [1.54, 1.807) is 0 Å². The maximum Gasteiger partial charge on any atom is 1.00 e. The standard InChI is InChI=1S/C27H37N2.CHF3O3S.Au/c1-18(2)22-11-9-12-23(19(3)4)26(22)28-15-16-29(17-28)27-24(20(5)6)13-10-14-25(27)21(7)8;2-1(3,4)8(5,6)7;/h9-21H,1-8H3;(H,5,6,7);/q-1;;+1/p-1. The summed E-state index contributed by atoms with van der Waals surface area (Å²) in [6.45, 7) is 20.5. The van der Waals surface area contributed by atoms with E-state index >= 15 is 0 Å². The van der Waals surface area contributed by atoms with E-state index in [9.17, 15) is 13.2 Å². The fourth-order valence-electron chi connectivity index (χ4n) is 4.24. The Kier molecular flexibility index (Phi) is 12.2. The summed E-state index contributed by atoms with van der Waals surface area (Å²) < 4.78 is 58.9. The Morgan fingerprint density at radius 2 is 0.921 bits per heavy atom. The first-order valence-corrected chi connectivity index (χ1v) is 13.8. The molecule has 0 bridgehead atoms. The molecule has 0 saturated carbocycles. The Labute approximate surface area is 241 Å². The van der Waals surface area contributed by atoms with Crippen LogP contribution in [0, 0.1) is 6.67 Å². The predicted octanol–water partition coefficient (Wildman–Crippen LogP) is 8.15. The zero-order valence-corrected chi connectivity index (χ0v) is 26.0. The maximum absolute atomic E-state index is 10.7. The molecule has 38 heavy (non-hydrogen) atoms. The van der Waals surface area contributed by atoms with Gasteiger partial charge in [0.05, 0.1) is 0 Å². The van der Waals surface area contributed by atoms with Crippen LogP contribution in [0.25, 0.3) is 0 Å². The normalized spacial score (nSPS) is 13.9. The second-order valence-electron chi connectivity index (χ2n) is 10.3. The first kappa shape index (κ1) is 34.2. The minimum absolute atomic E-state index is 0. The molecule has 0 amide bonds.